The Kier molecular flexibility index (Phi) is 3.84. The average molecular weight is 335 g/mol. The van der Waals surface area contributed by atoms with Gasteiger partial charge in [-0.2, -0.15) is 18.3 Å². The quantitative estimate of drug-likeness (QED) is 0.796. The second-order valence-corrected chi connectivity index (χ2v) is 4.85. The molecule has 0 fully saturated rings. The number of nitrogens with two attached hydrogens (primary N) is 1. The molecule has 0 unspecified atom stereocenters. The van der Waals surface area contributed by atoms with Crippen molar-refractivity contribution in [2.24, 2.45) is 0 Å². The highest BCUT2D eigenvalue weighted by atomic mass is 19.4. The summed E-state index contributed by atoms with van der Waals surface area (Å²) in [6.45, 7) is 0. The predicted octanol–water partition coefficient (Wildman–Crippen LogP) is 2.94. The smallest absolute Gasteiger partial charge is 0.435 e. The lowest BCUT2D eigenvalue weighted by Gasteiger charge is -2.08. The Balaban J connectivity index is 2.15. The summed E-state index contributed by atoms with van der Waals surface area (Å²) in [5.74, 6) is 0.615. The number of halogens is 3. The Labute approximate surface area is 134 Å². The number of hydrogen-bond acceptors (Lipinski definition) is 5. The van der Waals surface area contributed by atoms with Crippen LogP contribution in [-0.2, 0) is 6.18 Å². The molecule has 0 radical (unpaired) electrons. The summed E-state index contributed by atoms with van der Waals surface area (Å²) in [6, 6.07) is 7.42. The molecule has 0 aliphatic rings. The molecule has 0 saturated carbocycles. The average Bonchev–Trinajstić information content (AvgIpc) is 3.01. The molecule has 9 heteroatoms. The summed E-state index contributed by atoms with van der Waals surface area (Å²) in [7, 11) is 1.50. The zero-order chi connectivity index (χ0) is 17.3. The lowest BCUT2D eigenvalue weighted by atomic mass is 10.2. The molecule has 0 aliphatic heterocycles. The molecule has 0 aliphatic carbocycles. The molecule has 0 amide bonds. The van der Waals surface area contributed by atoms with Gasteiger partial charge in [-0.05, 0) is 30.3 Å². The number of aromatic nitrogens is 4. The predicted molar refractivity (Wildman–Crippen MR) is 80.6 cm³/mol. The first-order valence-corrected chi connectivity index (χ1v) is 6.78. The van der Waals surface area contributed by atoms with E-state index in [1.165, 1.54) is 24.2 Å². The Bertz CT molecular complexity index is 841. The maximum Gasteiger partial charge on any atom is 0.435 e. The molecule has 1 aromatic carbocycles. The van der Waals surface area contributed by atoms with Gasteiger partial charge in [0.25, 0.3) is 0 Å². The van der Waals surface area contributed by atoms with E-state index in [-0.39, 0.29) is 11.6 Å². The van der Waals surface area contributed by atoms with Crippen LogP contribution in [0.2, 0.25) is 0 Å². The highest BCUT2D eigenvalue weighted by Crippen LogP contribution is 2.33. The van der Waals surface area contributed by atoms with Crippen molar-refractivity contribution in [3.63, 3.8) is 0 Å². The van der Waals surface area contributed by atoms with Gasteiger partial charge in [-0.25, -0.2) is 14.6 Å². The van der Waals surface area contributed by atoms with Crippen molar-refractivity contribution >= 4 is 5.95 Å². The van der Waals surface area contributed by atoms with Crippen molar-refractivity contribution in [3.05, 3.63) is 48.4 Å². The number of hydrogen-bond donors (Lipinski definition) is 1. The van der Waals surface area contributed by atoms with Gasteiger partial charge in [0.2, 0.25) is 5.95 Å². The Morgan fingerprint density at radius 3 is 2.25 bits per heavy atom. The minimum absolute atomic E-state index is 0.0327. The van der Waals surface area contributed by atoms with E-state index in [0.717, 1.165) is 6.07 Å². The van der Waals surface area contributed by atoms with Gasteiger partial charge in [0, 0.05) is 18.0 Å². The summed E-state index contributed by atoms with van der Waals surface area (Å²) in [4.78, 5) is 7.63. The minimum atomic E-state index is -4.57. The molecule has 2 N–H and O–H groups in total. The number of nitrogens with zero attached hydrogens (tertiary/aromatic N) is 4. The van der Waals surface area contributed by atoms with E-state index >= 15 is 0 Å². The van der Waals surface area contributed by atoms with E-state index in [4.69, 9.17) is 10.5 Å². The van der Waals surface area contributed by atoms with Crippen molar-refractivity contribution < 1.29 is 17.9 Å². The van der Waals surface area contributed by atoms with Crippen LogP contribution in [0, 0.1) is 0 Å². The zero-order valence-electron chi connectivity index (χ0n) is 12.4. The third-order valence-corrected chi connectivity index (χ3v) is 3.28. The van der Waals surface area contributed by atoms with Crippen LogP contribution in [-0.4, -0.2) is 26.9 Å². The van der Waals surface area contributed by atoms with Gasteiger partial charge in [0.1, 0.15) is 5.75 Å². The van der Waals surface area contributed by atoms with E-state index in [9.17, 15) is 13.2 Å². The second kappa shape index (κ2) is 5.84. The van der Waals surface area contributed by atoms with Crippen molar-refractivity contribution in [2.75, 3.05) is 12.8 Å². The zero-order valence-corrected chi connectivity index (χ0v) is 12.4. The molecule has 124 valence electrons. The summed E-state index contributed by atoms with van der Waals surface area (Å²) < 4.78 is 45.4. The molecular weight excluding hydrogens is 323 g/mol. The van der Waals surface area contributed by atoms with Gasteiger partial charge in [0.15, 0.2) is 5.69 Å². The number of nitrogen functional groups attached to an aromatic ring is 1. The number of anilines is 1. The summed E-state index contributed by atoms with van der Waals surface area (Å²) in [5, 5.41) is 3.67. The molecule has 0 spiro atoms. The third-order valence-electron chi connectivity index (χ3n) is 3.28. The number of alkyl halides is 3. The summed E-state index contributed by atoms with van der Waals surface area (Å²) in [5.41, 5.74) is 5.42. The van der Waals surface area contributed by atoms with Crippen LogP contribution in [0.25, 0.3) is 16.9 Å². The van der Waals surface area contributed by atoms with Crippen LogP contribution in [0.4, 0.5) is 19.1 Å². The lowest BCUT2D eigenvalue weighted by molar-refractivity contribution is -0.141. The highest BCUT2D eigenvalue weighted by molar-refractivity contribution is 5.61. The molecule has 2 aromatic heterocycles. The SMILES string of the molecule is COc1ccc(-n2nc(C(F)(F)F)cc2-c2cnc(N)nc2)cc1. The molecule has 24 heavy (non-hydrogen) atoms. The van der Waals surface area contributed by atoms with E-state index in [2.05, 4.69) is 15.1 Å². The van der Waals surface area contributed by atoms with Crippen LogP contribution in [0.5, 0.6) is 5.75 Å². The highest BCUT2D eigenvalue weighted by Gasteiger charge is 2.35. The number of ether oxygens (including phenoxy) is 1. The van der Waals surface area contributed by atoms with Gasteiger partial charge in [-0.3, -0.25) is 0 Å². The maximum atomic E-state index is 13.0. The minimum Gasteiger partial charge on any atom is -0.497 e. The summed E-state index contributed by atoms with van der Waals surface area (Å²) in [6.07, 6.45) is -1.87. The van der Waals surface area contributed by atoms with Crippen LogP contribution >= 0.6 is 0 Å². The van der Waals surface area contributed by atoms with E-state index in [0.29, 0.717) is 17.0 Å². The normalized spacial score (nSPS) is 11.5. The van der Waals surface area contributed by atoms with Crippen molar-refractivity contribution in [1.29, 1.82) is 0 Å². The van der Waals surface area contributed by atoms with Gasteiger partial charge in [-0.15, -0.1) is 0 Å². The van der Waals surface area contributed by atoms with Crippen molar-refractivity contribution in [2.45, 2.75) is 6.18 Å². The molecule has 0 saturated heterocycles. The molecule has 2 heterocycles. The third kappa shape index (κ3) is 3.00. The second-order valence-electron chi connectivity index (χ2n) is 4.85. The van der Waals surface area contributed by atoms with Gasteiger partial charge in [0.05, 0.1) is 18.5 Å². The Morgan fingerprint density at radius 2 is 1.71 bits per heavy atom. The maximum absolute atomic E-state index is 13.0. The van der Waals surface area contributed by atoms with Gasteiger partial charge >= 0.3 is 6.18 Å². The molecule has 0 bridgehead atoms. The van der Waals surface area contributed by atoms with E-state index in [1.54, 1.807) is 24.3 Å². The first-order valence-electron chi connectivity index (χ1n) is 6.78. The van der Waals surface area contributed by atoms with Crippen LogP contribution in [0.15, 0.2) is 42.7 Å². The molecule has 3 rings (SSSR count). The van der Waals surface area contributed by atoms with E-state index in [1.807, 2.05) is 0 Å². The molecule has 6 nitrogen and oxygen atoms in total. The van der Waals surface area contributed by atoms with Gasteiger partial charge in [-0.1, -0.05) is 0 Å². The van der Waals surface area contributed by atoms with Gasteiger partial charge < -0.3 is 10.5 Å². The summed E-state index contributed by atoms with van der Waals surface area (Å²) >= 11 is 0. The van der Waals surface area contributed by atoms with Crippen LogP contribution < -0.4 is 10.5 Å². The number of benzene rings is 1. The largest absolute Gasteiger partial charge is 0.497 e. The fourth-order valence-electron chi connectivity index (χ4n) is 2.12. The van der Waals surface area contributed by atoms with E-state index < -0.39 is 11.9 Å². The Morgan fingerprint density at radius 1 is 1.08 bits per heavy atom. The topological polar surface area (TPSA) is 78.8 Å². The first kappa shape index (κ1) is 15.8. The Hall–Kier alpha value is -3.10. The molecule has 0 atom stereocenters. The first-order chi connectivity index (χ1) is 11.4. The fraction of sp³-hybridized carbons (Fsp3) is 0.133. The standard InChI is InChI=1S/C15H12F3N5O/c1-24-11-4-2-10(3-5-11)23-12(6-13(22-23)15(16,17)18)9-7-20-14(19)21-8-9/h2-8H,1H3,(H2,19,20,21). The number of methoxy groups -OCH3 is 1. The van der Waals surface area contributed by atoms with Crippen LogP contribution in [0.1, 0.15) is 5.69 Å². The molecule has 3 aromatic rings. The lowest BCUT2D eigenvalue weighted by Crippen LogP contribution is -2.07. The molecular formula is C15H12F3N5O. The van der Waals surface area contributed by atoms with Crippen molar-refractivity contribution in [1.82, 2.24) is 19.7 Å². The fourth-order valence-corrected chi connectivity index (χ4v) is 2.12. The number of rotatable bonds is 3. The monoisotopic (exact) mass is 335 g/mol. The van der Waals surface area contributed by atoms with Crippen molar-refractivity contribution in [3.8, 4) is 22.7 Å². The van der Waals surface area contributed by atoms with Crippen LogP contribution in [0.3, 0.4) is 0 Å².